The lowest BCUT2D eigenvalue weighted by Gasteiger charge is -2.39. The Labute approximate surface area is 151 Å². The van der Waals surface area contributed by atoms with Gasteiger partial charge in [0.2, 0.25) is 0 Å². The Hall–Kier alpha value is -1.42. The number of fused-ring (bicyclic) bond motifs is 1. The monoisotopic (exact) mass is 338 g/mol. The van der Waals surface area contributed by atoms with Crippen LogP contribution in [0.1, 0.15) is 31.2 Å². The van der Waals surface area contributed by atoms with Gasteiger partial charge in [-0.2, -0.15) is 0 Å². The molecule has 1 aliphatic carbocycles. The number of nitrogens with one attached hydrogen (secondary N) is 1. The quantitative estimate of drug-likeness (QED) is 0.901. The Bertz CT molecular complexity index is 675. The van der Waals surface area contributed by atoms with Crippen LogP contribution in [0.15, 0.2) is 42.5 Å². The number of hydrogen-bond acceptors (Lipinski definition) is 3. The molecule has 0 spiro atoms. The molecule has 2 atom stereocenters. The molecule has 0 amide bonds. The highest BCUT2D eigenvalue weighted by atomic mass is 16.5. The molecule has 3 nitrogen and oxygen atoms in total. The normalized spacial score (nSPS) is 25.3. The van der Waals surface area contributed by atoms with E-state index < -0.39 is 0 Å². The standard InChI is InChI=1S/C22H30N2O/c1-2-10-22-18(5-1)6-3-7-19(22)11-12-23-20-8-4-9-21(17-20)24-13-15-25-16-14-24/h1-3,5-7,10,20-21,23H,4,8-9,11-17H2. The van der Waals surface area contributed by atoms with Gasteiger partial charge in [-0.05, 0) is 48.6 Å². The maximum atomic E-state index is 5.51. The Morgan fingerprint density at radius 2 is 1.84 bits per heavy atom. The van der Waals surface area contributed by atoms with Gasteiger partial charge in [-0.15, -0.1) is 0 Å². The number of nitrogens with zero attached hydrogens (tertiary/aromatic N) is 1. The van der Waals surface area contributed by atoms with E-state index in [2.05, 4.69) is 52.7 Å². The molecule has 0 radical (unpaired) electrons. The third-order valence-electron chi connectivity index (χ3n) is 5.92. The van der Waals surface area contributed by atoms with E-state index >= 15 is 0 Å². The van der Waals surface area contributed by atoms with Gasteiger partial charge in [0.15, 0.2) is 0 Å². The second kappa shape index (κ2) is 8.31. The maximum Gasteiger partial charge on any atom is 0.0594 e. The van der Waals surface area contributed by atoms with Gasteiger partial charge in [0.25, 0.3) is 0 Å². The smallest absolute Gasteiger partial charge is 0.0594 e. The molecule has 1 N–H and O–H groups in total. The summed E-state index contributed by atoms with van der Waals surface area (Å²) in [6.45, 7) is 5.14. The van der Waals surface area contributed by atoms with Crippen LogP contribution in [0.5, 0.6) is 0 Å². The minimum Gasteiger partial charge on any atom is -0.379 e. The van der Waals surface area contributed by atoms with Crippen molar-refractivity contribution in [2.75, 3.05) is 32.8 Å². The molecule has 4 rings (SSSR count). The lowest BCUT2D eigenvalue weighted by atomic mass is 9.89. The van der Waals surface area contributed by atoms with Crippen LogP contribution in [0.3, 0.4) is 0 Å². The van der Waals surface area contributed by atoms with Gasteiger partial charge in [0, 0.05) is 25.2 Å². The number of rotatable bonds is 5. The van der Waals surface area contributed by atoms with Crippen LogP contribution in [0.4, 0.5) is 0 Å². The molecule has 1 saturated heterocycles. The first-order valence-electron chi connectivity index (χ1n) is 9.92. The van der Waals surface area contributed by atoms with Crippen molar-refractivity contribution in [3.63, 3.8) is 0 Å². The molecule has 0 aromatic heterocycles. The van der Waals surface area contributed by atoms with E-state index in [0.29, 0.717) is 6.04 Å². The predicted octanol–water partition coefficient (Wildman–Crippen LogP) is 3.62. The van der Waals surface area contributed by atoms with E-state index in [4.69, 9.17) is 4.74 Å². The van der Waals surface area contributed by atoms with Crippen molar-refractivity contribution in [2.24, 2.45) is 0 Å². The summed E-state index contributed by atoms with van der Waals surface area (Å²) < 4.78 is 5.51. The predicted molar refractivity (Wildman–Crippen MR) is 104 cm³/mol. The Morgan fingerprint density at radius 3 is 2.76 bits per heavy atom. The molecular weight excluding hydrogens is 308 g/mol. The zero-order valence-corrected chi connectivity index (χ0v) is 15.1. The molecule has 3 heteroatoms. The van der Waals surface area contributed by atoms with Crippen molar-refractivity contribution < 1.29 is 4.74 Å². The Kier molecular flexibility index (Phi) is 5.65. The van der Waals surface area contributed by atoms with Crippen LogP contribution >= 0.6 is 0 Å². The first-order chi connectivity index (χ1) is 12.4. The van der Waals surface area contributed by atoms with Crippen LogP contribution in [0.2, 0.25) is 0 Å². The van der Waals surface area contributed by atoms with Gasteiger partial charge in [-0.25, -0.2) is 0 Å². The summed E-state index contributed by atoms with van der Waals surface area (Å²) in [4.78, 5) is 2.65. The molecule has 134 valence electrons. The number of morpholine rings is 1. The Morgan fingerprint density at radius 1 is 1.00 bits per heavy atom. The topological polar surface area (TPSA) is 24.5 Å². The summed E-state index contributed by atoms with van der Waals surface area (Å²) in [6, 6.07) is 16.8. The van der Waals surface area contributed by atoms with Crippen molar-refractivity contribution >= 4 is 10.8 Å². The zero-order valence-electron chi connectivity index (χ0n) is 15.1. The second-order valence-electron chi connectivity index (χ2n) is 7.51. The number of ether oxygens (including phenoxy) is 1. The fourth-order valence-corrected chi connectivity index (χ4v) is 4.55. The summed E-state index contributed by atoms with van der Waals surface area (Å²) in [5.74, 6) is 0. The summed E-state index contributed by atoms with van der Waals surface area (Å²) in [6.07, 6.45) is 6.46. The minimum atomic E-state index is 0.677. The summed E-state index contributed by atoms with van der Waals surface area (Å²) in [5, 5.41) is 6.60. The number of hydrogen-bond donors (Lipinski definition) is 1. The lowest BCUT2D eigenvalue weighted by Crippen LogP contribution is -2.48. The molecule has 25 heavy (non-hydrogen) atoms. The van der Waals surface area contributed by atoms with Crippen LogP contribution < -0.4 is 5.32 Å². The van der Waals surface area contributed by atoms with Crippen LogP contribution in [-0.2, 0) is 11.2 Å². The van der Waals surface area contributed by atoms with E-state index in [1.54, 1.807) is 0 Å². The molecule has 2 aliphatic rings. The summed E-state index contributed by atoms with van der Waals surface area (Å²) >= 11 is 0. The van der Waals surface area contributed by atoms with Gasteiger partial charge in [-0.3, -0.25) is 4.90 Å². The van der Waals surface area contributed by atoms with Crippen molar-refractivity contribution in [3.8, 4) is 0 Å². The molecule has 1 heterocycles. The van der Waals surface area contributed by atoms with Crippen molar-refractivity contribution in [3.05, 3.63) is 48.0 Å². The Balaban J connectivity index is 1.30. The SMILES string of the molecule is c1ccc2c(CCNC3CCCC(N4CCOCC4)C3)cccc2c1. The average molecular weight is 338 g/mol. The van der Waals surface area contributed by atoms with Gasteiger partial charge in [0.1, 0.15) is 0 Å². The molecule has 0 bridgehead atoms. The number of benzene rings is 2. The average Bonchev–Trinajstić information content (AvgIpc) is 2.69. The summed E-state index contributed by atoms with van der Waals surface area (Å²) in [5.41, 5.74) is 1.46. The van der Waals surface area contributed by atoms with Crippen LogP contribution in [-0.4, -0.2) is 49.8 Å². The zero-order chi connectivity index (χ0) is 16.9. The molecular formula is C22H30N2O. The molecule has 2 aromatic rings. The molecule has 2 fully saturated rings. The fourth-order valence-electron chi connectivity index (χ4n) is 4.55. The first kappa shape index (κ1) is 17.0. The van der Waals surface area contributed by atoms with Crippen molar-refractivity contribution in [1.82, 2.24) is 10.2 Å². The van der Waals surface area contributed by atoms with Crippen molar-refractivity contribution in [1.29, 1.82) is 0 Å². The second-order valence-corrected chi connectivity index (χ2v) is 7.51. The maximum absolute atomic E-state index is 5.51. The van der Waals surface area contributed by atoms with E-state index in [9.17, 15) is 0 Å². The largest absolute Gasteiger partial charge is 0.379 e. The molecule has 1 aliphatic heterocycles. The third kappa shape index (κ3) is 4.22. The highest BCUT2D eigenvalue weighted by Gasteiger charge is 2.27. The van der Waals surface area contributed by atoms with E-state index in [1.807, 2.05) is 0 Å². The van der Waals surface area contributed by atoms with Crippen LogP contribution in [0, 0.1) is 0 Å². The molecule has 2 unspecified atom stereocenters. The molecule has 1 saturated carbocycles. The van der Waals surface area contributed by atoms with Crippen molar-refractivity contribution in [2.45, 2.75) is 44.2 Å². The van der Waals surface area contributed by atoms with E-state index in [1.165, 1.54) is 42.0 Å². The molecule has 2 aromatic carbocycles. The third-order valence-corrected chi connectivity index (χ3v) is 5.92. The van der Waals surface area contributed by atoms with Gasteiger partial charge in [-0.1, -0.05) is 48.9 Å². The highest BCUT2D eigenvalue weighted by molar-refractivity contribution is 5.85. The fraction of sp³-hybridized carbons (Fsp3) is 0.545. The van der Waals surface area contributed by atoms with E-state index in [0.717, 1.165) is 45.3 Å². The lowest BCUT2D eigenvalue weighted by molar-refractivity contribution is 0.00547. The van der Waals surface area contributed by atoms with Gasteiger partial charge in [0.05, 0.1) is 13.2 Å². The minimum absolute atomic E-state index is 0.677. The van der Waals surface area contributed by atoms with Gasteiger partial charge >= 0.3 is 0 Å². The van der Waals surface area contributed by atoms with Crippen LogP contribution in [0.25, 0.3) is 10.8 Å². The summed E-state index contributed by atoms with van der Waals surface area (Å²) in [7, 11) is 0. The highest BCUT2D eigenvalue weighted by Crippen LogP contribution is 2.24. The van der Waals surface area contributed by atoms with E-state index in [-0.39, 0.29) is 0 Å². The van der Waals surface area contributed by atoms with Gasteiger partial charge < -0.3 is 10.1 Å². The first-order valence-corrected chi connectivity index (χ1v) is 9.92.